The highest BCUT2D eigenvalue weighted by Gasteiger charge is 2.25. The van der Waals surface area contributed by atoms with Crippen LogP contribution in [0.4, 0.5) is 0 Å². The molecule has 0 saturated heterocycles. The monoisotopic (exact) mass is 191 g/mol. The molecule has 0 saturated carbocycles. The fourth-order valence-electron chi connectivity index (χ4n) is 0.757. The molecule has 7 nitrogen and oxygen atoms in total. The first-order valence-corrected chi connectivity index (χ1v) is 3.31. The topological polar surface area (TPSA) is 127 Å². The molecule has 0 aliphatic carbocycles. The zero-order valence-electron chi connectivity index (χ0n) is 6.60. The van der Waals surface area contributed by atoms with Crippen LogP contribution >= 0.6 is 0 Å². The minimum atomic E-state index is -1.28. The summed E-state index contributed by atoms with van der Waals surface area (Å²) in [6.45, 7) is 0. The van der Waals surface area contributed by atoms with E-state index in [1.54, 1.807) is 0 Å². The Hall–Kier alpha value is -1.63. The molecule has 0 heterocycles. The van der Waals surface area contributed by atoms with E-state index >= 15 is 0 Å². The summed E-state index contributed by atoms with van der Waals surface area (Å²) in [6.07, 6.45) is -1.22. The lowest BCUT2D eigenvalue weighted by molar-refractivity contribution is -0.156. The van der Waals surface area contributed by atoms with Gasteiger partial charge in [0.2, 0.25) is 0 Å². The van der Waals surface area contributed by atoms with E-state index in [2.05, 4.69) is 10.7 Å². The molecule has 0 amide bonds. The summed E-state index contributed by atoms with van der Waals surface area (Å²) in [5, 5.41) is 16.6. The Kier molecular flexibility index (Phi) is 4.45. The van der Waals surface area contributed by atoms with Gasteiger partial charge in [-0.25, -0.2) is 0 Å². The zero-order chi connectivity index (χ0) is 10.4. The normalized spacial score (nSPS) is 9.69. The number of nitrogens with two attached hydrogens (primary N) is 1. The smallest absolute Gasteiger partial charge is 0.328 e. The molecule has 0 fully saturated rings. The molecular weight excluding hydrogens is 182 g/mol. The molecule has 0 aromatic carbocycles. The number of carboxylic acid groups (broad SMARTS) is 2. The van der Waals surface area contributed by atoms with Crippen molar-refractivity contribution in [2.75, 3.05) is 0 Å². The maximum Gasteiger partial charge on any atom is 0.328 e. The Labute approximate surface area is 73.0 Å². The van der Waals surface area contributed by atoms with Gasteiger partial charge in [0.25, 0.3) is 0 Å². The molecule has 0 rings (SSSR count). The number of hydrogen-bond acceptors (Lipinski definition) is 5. The van der Waals surface area contributed by atoms with E-state index < -0.39 is 36.7 Å². The third-order valence-corrected chi connectivity index (χ3v) is 1.29. The van der Waals surface area contributed by atoms with Crippen LogP contribution in [0.2, 0.25) is 0 Å². The van der Waals surface area contributed by atoms with E-state index in [-0.39, 0.29) is 0 Å². The molecule has 7 heteroatoms. The Morgan fingerprint density at radius 2 is 1.54 bits per heavy atom. The molecule has 0 aliphatic heterocycles. The van der Waals surface area contributed by atoms with Gasteiger partial charge in [0.05, 0.1) is 18.8 Å². The van der Waals surface area contributed by atoms with Crippen LogP contribution in [0.15, 0.2) is 0 Å². The first kappa shape index (κ1) is 11.4. The van der Waals surface area contributed by atoms with Crippen LogP contribution in [-0.2, 0) is 19.2 Å². The first-order valence-electron chi connectivity index (χ1n) is 3.31. The zero-order valence-corrected chi connectivity index (χ0v) is 6.60. The second-order valence-corrected chi connectivity index (χ2v) is 2.33. The predicted octanol–water partition coefficient (Wildman–Crippen LogP) is -1.03. The second-order valence-electron chi connectivity index (χ2n) is 2.33. The summed E-state index contributed by atoms with van der Waals surface area (Å²) in [4.78, 5) is 34.8. The largest absolute Gasteiger partial charge is 0.481 e. The Balaban J connectivity index is 4.26. The van der Waals surface area contributed by atoms with Crippen molar-refractivity contribution in [2.24, 2.45) is 11.8 Å². The molecule has 0 bridgehead atoms. The average molecular weight is 191 g/mol. The average Bonchev–Trinajstić information content (AvgIpc) is 2.00. The van der Waals surface area contributed by atoms with Gasteiger partial charge in [-0.2, -0.15) is 5.90 Å². The van der Waals surface area contributed by atoms with Gasteiger partial charge in [-0.15, -0.1) is 0 Å². The van der Waals surface area contributed by atoms with Crippen LogP contribution in [0.25, 0.3) is 0 Å². The van der Waals surface area contributed by atoms with Crippen molar-refractivity contribution >= 4 is 17.9 Å². The van der Waals surface area contributed by atoms with Crippen molar-refractivity contribution in [3.8, 4) is 0 Å². The fourth-order valence-corrected chi connectivity index (χ4v) is 0.757. The lowest BCUT2D eigenvalue weighted by Gasteiger charge is -2.07. The van der Waals surface area contributed by atoms with Gasteiger partial charge in [-0.05, 0) is 0 Å². The highest BCUT2D eigenvalue weighted by Crippen LogP contribution is 2.10. The Morgan fingerprint density at radius 1 is 1.15 bits per heavy atom. The molecule has 74 valence electrons. The first-order chi connectivity index (χ1) is 5.97. The lowest BCUT2D eigenvalue weighted by Crippen LogP contribution is -2.25. The van der Waals surface area contributed by atoms with Gasteiger partial charge in [0.1, 0.15) is 0 Å². The summed E-state index contributed by atoms with van der Waals surface area (Å²) < 4.78 is 0. The lowest BCUT2D eigenvalue weighted by atomic mass is 10.0. The summed E-state index contributed by atoms with van der Waals surface area (Å²) in [6, 6.07) is 0. The highest BCUT2D eigenvalue weighted by atomic mass is 16.7. The quantitative estimate of drug-likeness (QED) is 0.474. The van der Waals surface area contributed by atoms with Gasteiger partial charge in [-0.1, -0.05) is 0 Å². The third-order valence-electron chi connectivity index (χ3n) is 1.29. The minimum absolute atomic E-state index is 0.609. The molecule has 0 atom stereocenters. The van der Waals surface area contributed by atoms with Gasteiger partial charge in [0, 0.05) is 0 Å². The summed E-state index contributed by atoms with van der Waals surface area (Å²) in [7, 11) is 0. The summed E-state index contributed by atoms with van der Waals surface area (Å²) in [5.41, 5.74) is 0. The molecular formula is C6H9NO6. The summed E-state index contributed by atoms with van der Waals surface area (Å²) >= 11 is 0. The minimum Gasteiger partial charge on any atom is -0.481 e. The van der Waals surface area contributed by atoms with Gasteiger partial charge in [0.15, 0.2) is 0 Å². The van der Waals surface area contributed by atoms with Crippen LogP contribution in [0.5, 0.6) is 0 Å². The third kappa shape index (κ3) is 4.75. The standard InChI is InChI=1S/C6H9NO6/c7-13-6(12)3(1-4(8)9)2-5(10)11/h3H,1-2,7H2,(H,8,9)(H,10,11). The van der Waals surface area contributed by atoms with Crippen LogP contribution in [0, 0.1) is 5.92 Å². The summed E-state index contributed by atoms with van der Waals surface area (Å²) in [5.74, 6) is -0.346. The van der Waals surface area contributed by atoms with Crippen molar-refractivity contribution in [3.05, 3.63) is 0 Å². The Morgan fingerprint density at radius 3 is 1.77 bits per heavy atom. The molecule has 0 aromatic heterocycles. The molecule has 0 radical (unpaired) electrons. The van der Waals surface area contributed by atoms with E-state index in [0.29, 0.717) is 0 Å². The van der Waals surface area contributed by atoms with Crippen molar-refractivity contribution in [1.29, 1.82) is 0 Å². The van der Waals surface area contributed by atoms with E-state index in [4.69, 9.17) is 10.2 Å². The van der Waals surface area contributed by atoms with Crippen LogP contribution in [0.1, 0.15) is 12.8 Å². The van der Waals surface area contributed by atoms with Crippen LogP contribution < -0.4 is 5.90 Å². The molecule has 13 heavy (non-hydrogen) atoms. The highest BCUT2D eigenvalue weighted by molar-refractivity contribution is 5.83. The maximum atomic E-state index is 10.7. The number of carboxylic acids is 2. The van der Waals surface area contributed by atoms with Crippen LogP contribution in [0.3, 0.4) is 0 Å². The second kappa shape index (κ2) is 5.09. The number of carbonyl (C=O) groups is 3. The van der Waals surface area contributed by atoms with Crippen molar-refractivity contribution in [3.63, 3.8) is 0 Å². The van der Waals surface area contributed by atoms with E-state index in [1.807, 2.05) is 0 Å². The van der Waals surface area contributed by atoms with Gasteiger partial charge < -0.3 is 15.1 Å². The SMILES string of the molecule is NOC(=O)C(CC(=O)O)CC(=O)O. The van der Waals surface area contributed by atoms with Gasteiger partial charge >= 0.3 is 17.9 Å². The number of rotatable bonds is 5. The van der Waals surface area contributed by atoms with Gasteiger partial charge in [-0.3, -0.25) is 14.4 Å². The number of aliphatic carboxylic acids is 2. The maximum absolute atomic E-state index is 10.7. The Bertz CT molecular complexity index is 209. The predicted molar refractivity (Wildman–Crippen MR) is 38.3 cm³/mol. The molecule has 0 unspecified atom stereocenters. The van der Waals surface area contributed by atoms with Crippen molar-refractivity contribution in [2.45, 2.75) is 12.8 Å². The molecule has 0 aliphatic rings. The van der Waals surface area contributed by atoms with Crippen LogP contribution in [-0.4, -0.2) is 28.1 Å². The molecule has 0 aromatic rings. The van der Waals surface area contributed by atoms with Crippen molar-refractivity contribution < 1.29 is 29.4 Å². The number of hydrogen-bond donors (Lipinski definition) is 3. The molecule has 4 N–H and O–H groups in total. The van der Waals surface area contributed by atoms with E-state index in [0.717, 1.165) is 0 Å². The molecule has 0 spiro atoms. The van der Waals surface area contributed by atoms with E-state index in [9.17, 15) is 14.4 Å². The van der Waals surface area contributed by atoms with Crippen molar-refractivity contribution in [1.82, 2.24) is 0 Å². The van der Waals surface area contributed by atoms with E-state index in [1.165, 1.54) is 0 Å². The fraction of sp³-hybridized carbons (Fsp3) is 0.500. The number of carbonyl (C=O) groups excluding carboxylic acids is 1.